The number of benzene rings is 1. The highest BCUT2D eigenvalue weighted by atomic mass is 35.5. The van der Waals surface area contributed by atoms with Gasteiger partial charge in [0, 0.05) is 55.8 Å². The molecule has 1 N–H and O–H groups in total. The van der Waals surface area contributed by atoms with Crippen LogP contribution in [0.3, 0.4) is 0 Å². The van der Waals surface area contributed by atoms with Gasteiger partial charge in [0.1, 0.15) is 0 Å². The van der Waals surface area contributed by atoms with Crippen LogP contribution in [0.25, 0.3) is 0 Å². The van der Waals surface area contributed by atoms with Crippen molar-refractivity contribution in [3.8, 4) is 0 Å². The van der Waals surface area contributed by atoms with Crippen molar-refractivity contribution in [2.24, 2.45) is 0 Å². The summed E-state index contributed by atoms with van der Waals surface area (Å²) in [5.41, 5.74) is 4.30. The first-order valence-electron chi connectivity index (χ1n) is 8.91. The van der Waals surface area contributed by atoms with Gasteiger partial charge in [-0.05, 0) is 48.7 Å². The molecule has 1 aromatic heterocycles. The van der Waals surface area contributed by atoms with Crippen LogP contribution >= 0.6 is 11.6 Å². The molecule has 1 amide bonds. The van der Waals surface area contributed by atoms with Gasteiger partial charge in [0.15, 0.2) is 0 Å². The minimum Gasteiger partial charge on any atom is -0.325 e. The molecule has 0 unspecified atom stereocenters. The van der Waals surface area contributed by atoms with E-state index in [0.717, 1.165) is 44.0 Å². The molecule has 1 saturated heterocycles. The van der Waals surface area contributed by atoms with Gasteiger partial charge in [0.2, 0.25) is 5.91 Å². The van der Waals surface area contributed by atoms with Crippen LogP contribution < -0.4 is 5.32 Å². The highest BCUT2D eigenvalue weighted by Crippen LogP contribution is 2.20. The van der Waals surface area contributed by atoms with Crippen molar-refractivity contribution in [2.75, 3.05) is 38.0 Å². The molecule has 1 fully saturated rings. The normalized spacial score (nSPS) is 15.8. The number of piperazine rings is 1. The third-order valence-corrected chi connectivity index (χ3v) is 5.24. The van der Waals surface area contributed by atoms with E-state index in [1.165, 1.54) is 11.1 Å². The molecule has 0 bridgehead atoms. The Balaban J connectivity index is 1.45. The number of carbonyl (C=O) groups is 1. The molecule has 2 heterocycles. The predicted molar refractivity (Wildman–Crippen MR) is 106 cm³/mol. The zero-order valence-electron chi connectivity index (χ0n) is 15.3. The van der Waals surface area contributed by atoms with Crippen molar-refractivity contribution in [1.82, 2.24) is 14.8 Å². The summed E-state index contributed by atoms with van der Waals surface area (Å²) in [6.07, 6.45) is 3.78. The van der Waals surface area contributed by atoms with E-state index in [1.54, 1.807) is 6.07 Å². The maximum Gasteiger partial charge on any atom is 0.238 e. The zero-order chi connectivity index (χ0) is 18.5. The molecule has 6 heteroatoms. The average Bonchev–Trinajstić information content (AvgIpc) is 2.62. The second kappa shape index (κ2) is 8.62. The Labute approximate surface area is 160 Å². The van der Waals surface area contributed by atoms with E-state index in [2.05, 4.69) is 27.0 Å². The molecular weight excluding hydrogens is 348 g/mol. The van der Waals surface area contributed by atoms with Crippen molar-refractivity contribution in [1.29, 1.82) is 0 Å². The van der Waals surface area contributed by atoms with Crippen LogP contribution in [0.5, 0.6) is 0 Å². The molecule has 1 aliphatic rings. The van der Waals surface area contributed by atoms with Gasteiger partial charge in [-0.2, -0.15) is 0 Å². The van der Waals surface area contributed by atoms with Crippen molar-refractivity contribution < 1.29 is 4.79 Å². The van der Waals surface area contributed by atoms with Crippen LogP contribution in [-0.4, -0.2) is 53.4 Å². The summed E-state index contributed by atoms with van der Waals surface area (Å²) >= 11 is 6.11. The van der Waals surface area contributed by atoms with E-state index in [0.29, 0.717) is 11.6 Å². The molecule has 1 aromatic carbocycles. The van der Waals surface area contributed by atoms with E-state index in [1.807, 2.05) is 37.5 Å². The molecule has 0 aliphatic carbocycles. The van der Waals surface area contributed by atoms with Gasteiger partial charge < -0.3 is 5.32 Å². The second-order valence-electron chi connectivity index (χ2n) is 6.87. The van der Waals surface area contributed by atoms with E-state index >= 15 is 0 Å². The van der Waals surface area contributed by atoms with Crippen LogP contribution in [0, 0.1) is 13.8 Å². The zero-order valence-corrected chi connectivity index (χ0v) is 16.1. The van der Waals surface area contributed by atoms with Crippen LogP contribution in [-0.2, 0) is 11.3 Å². The Kier molecular flexibility index (Phi) is 6.25. The first-order valence-corrected chi connectivity index (χ1v) is 9.29. The van der Waals surface area contributed by atoms with Crippen LogP contribution in [0.2, 0.25) is 5.02 Å². The monoisotopic (exact) mass is 372 g/mol. The van der Waals surface area contributed by atoms with Crippen molar-refractivity contribution in [2.45, 2.75) is 20.4 Å². The lowest BCUT2D eigenvalue weighted by molar-refractivity contribution is -0.117. The van der Waals surface area contributed by atoms with Crippen LogP contribution in [0.4, 0.5) is 5.69 Å². The fraction of sp³-hybridized carbons (Fsp3) is 0.400. The Morgan fingerprint density at radius 2 is 1.85 bits per heavy atom. The van der Waals surface area contributed by atoms with Crippen molar-refractivity contribution in [3.05, 3.63) is 58.4 Å². The molecule has 3 rings (SSSR count). The van der Waals surface area contributed by atoms with Crippen molar-refractivity contribution in [3.63, 3.8) is 0 Å². The highest BCUT2D eigenvalue weighted by Gasteiger charge is 2.19. The van der Waals surface area contributed by atoms with Gasteiger partial charge in [-0.25, -0.2) is 0 Å². The number of nitrogens with one attached hydrogen (secondary N) is 1. The van der Waals surface area contributed by atoms with Gasteiger partial charge in [0.05, 0.1) is 6.54 Å². The number of hydrogen-bond donors (Lipinski definition) is 1. The summed E-state index contributed by atoms with van der Waals surface area (Å²) < 4.78 is 0. The molecule has 0 saturated carbocycles. The van der Waals surface area contributed by atoms with Crippen molar-refractivity contribution >= 4 is 23.2 Å². The quantitative estimate of drug-likeness (QED) is 0.876. The van der Waals surface area contributed by atoms with Gasteiger partial charge >= 0.3 is 0 Å². The molecule has 138 valence electrons. The third kappa shape index (κ3) is 5.04. The van der Waals surface area contributed by atoms with E-state index in [9.17, 15) is 4.79 Å². The molecule has 0 radical (unpaired) electrons. The summed E-state index contributed by atoms with van der Waals surface area (Å²) in [6, 6.07) is 7.64. The Hall–Kier alpha value is -1.95. The first kappa shape index (κ1) is 18.8. The summed E-state index contributed by atoms with van der Waals surface area (Å²) in [5.74, 6) is 0.00136. The van der Waals surface area contributed by atoms with Crippen LogP contribution in [0.15, 0.2) is 36.7 Å². The second-order valence-corrected chi connectivity index (χ2v) is 7.27. The molecule has 0 spiro atoms. The lowest BCUT2D eigenvalue weighted by Gasteiger charge is -2.34. The Morgan fingerprint density at radius 1 is 1.12 bits per heavy atom. The Morgan fingerprint density at radius 3 is 2.54 bits per heavy atom. The minimum absolute atomic E-state index is 0.00136. The molecule has 26 heavy (non-hydrogen) atoms. The number of nitrogens with zero attached hydrogens (tertiary/aromatic N) is 3. The average molecular weight is 373 g/mol. The summed E-state index contributed by atoms with van der Waals surface area (Å²) in [7, 11) is 0. The number of aryl methyl sites for hydroxylation is 2. The summed E-state index contributed by atoms with van der Waals surface area (Å²) in [5, 5.41) is 3.60. The highest BCUT2D eigenvalue weighted by molar-refractivity contribution is 6.31. The number of aromatic nitrogens is 1. The van der Waals surface area contributed by atoms with E-state index in [4.69, 9.17) is 11.6 Å². The number of amides is 1. The first-order chi connectivity index (χ1) is 12.5. The number of anilines is 1. The fourth-order valence-electron chi connectivity index (χ4n) is 3.08. The molecule has 1 aliphatic heterocycles. The maximum absolute atomic E-state index is 12.3. The third-order valence-electron chi connectivity index (χ3n) is 4.83. The minimum atomic E-state index is 0.00136. The molecule has 2 aromatic rings. The molecule has 5 nitrogen and oxygen atoms in total. The number of halogens is 1. The van der Waals surface area contributed by atoms with Gasteiger partial charge in [-0.3, -0.25) is 19.6 Å². The standard InChI is InChI=1S/C20H25ClN4O/c1-15-5-6-22-12-17(15)13-24-7-9-25(10-8-24)14-20(26)23-18-4-3-16(2)19(21)11-18/h3-6,11-12H,7-10,13-14H2,1-2H3,(H,23,26). The summed E-state index contributed by atoms with van der Waals surface area (Å²) in [4.78, 5) is 21.1. The maximum atomic E-state index is 12.3. The number of pyridine rings is 1. The molecular formula is C20H25ClN4O. The smallest absolute Gasteiger partial charge is 0.238 e. The fourth-order valence-corrected chi connectivity index (χ4v) is 3.26. The number of hydrogen-bond acceptors (Lipinski definition) is 4. The van der Waals surface area contributed by atoms with Crippen LogP contribution in [0.1, 0.15) is 16.7 Å². The predicted octanol–water partition coefficient (Wildman–Crippen LogP) is 3.11. The van der Waals surface area contributed by atoms with E-state index < -0.39 is 0 Å². The van der Waals surface area contributed by atoms with Gasteiger partial charge in [0.25, 0.3) is 0 Å². The van der Waals surface area contributed by atoms with E-state index in [-0.39, 0.29) is 5.91 Å². The topological polar surface area (TPSA) is 48.5 Å². The van der Waals surface area contributed by atoms with Gasteiger partial charge in [-0.15, -0.1) is 0 Å². The SMILES string of the molecule is Cc1ccc(NC(=O)CN2CCN(Cc3cnccc3C)CC2)cc1Cl. The number of carbonyl (C=O) groups excluding carboxylic acids is 1. The van der Waals surface area contributed by atoms with Gasteiger partial charge in [-0.1, -0.05) is 17.7 Å². The Bertz CT molecular complexity index is 772. The lowest BCUT2D eigenvalue weighted by atomic mass is 10.1. The number of rotatable bonds is 5. The summed E-state index contributed by atoms with van der Waals surface area (Å²) in [6.45, 7) is 9.08. The molecule has 0 atom stereocenters. The largest absolute Gasteiger partial charge is 0.325 e. The lowest BCUT2D eigenvalue weighted by Crippen LogP contribution is -2.48.